The first-order valence-electron chi connectivity index (χ1n) is 6.82. The smallest absolute Gasteiger partial charge is 0.312 e. The summed E-state index contributed by atoms with van der Waals surface area (Å²) in [6.45, 7) is 9.20. The van der Waals surface area contributed by atoms with Gasteiger partial charge in [0.25, 0.3) is 0 Å². The maximum absolute atomic E-state index is 11.1. The van der Waals surface area contributed by atoms with Gasteiger partial charge in [0.1, 0.15) is 0 Å². The van der Waals surface area contributed by atoms with Crippen molar-refractivity contribution >= 4 is 5.97 Å². The number of carboxylic acids is 1. The Morgan fingerprint density at radius 1 is 1.42 bits per heavy atom. The summed E-state index contributed by atoms with van der Waals surface area (Å²) in [6, 6.07) is 0. The van der Waals surface area contributed by atoms with Gasteiger partial charge in [-0.05, 0) is 25.8 Å². The molecular formula is C15H27NO3. The lowest BCUT2D eigenvalue weighted by Crippen LogP contribution is -2.51. The van der Waals surface area contributed by atoms with Crippen molar-refractivity contribution in [1.82, 2.24) is 5.32 Å². The minimum Gasteiger partial charge on any atom is -0.481 e. The van der Waals surface area contributed by atoms with E-state index in [2.05, 4.69) is 19.2 Å². The average molecular weight is 269 g/mol. The Morgan fingerprint density at radius 2 is 2.00 bits per heavy atom. The van der Waals surface area contributed by atoms with Crippen molar-refractivity contribution in [2.45, 2.75) is 39.7 Å². The van der Waals surface area contributed by atoms with E-state index in [1.54, 1.807) is 12.2 Å². The van der Waals surface area contributed by atoms with Crippen LogP contribution in [0.15, 0.2) is 24.3 Å². The van der Waals surface area contributed by atoms with Crippen LogP contribution in [0.3, 0.4) is 0 Å². The van der Waals surface area contributed by atoms with Gasteiger partial charge in [-0.1, -0.05) is 45.1 Å². The number of hydrogen-bond acceptors (Lipinski definition) is 3. The summed E-state index contributed by atoms with van der Waals surface area (Å²) in [5.74, 6) is -0.758. The molecule has 0 heterocycles. The van der Waals surface area contributed by atoms with E-state index in [1.165, 1.54) is 0 Å². The third-order valence-electron chi connectivity index (χ3n) is 2.88. The molecule has 4 heteroatoms. The van der Waals surface area contributed by atoms with E-state index in [4.69, 9.17) is 10.2 Å². The molecule has 0 fully saturated rings. The molecule has 0 radical (unpaired) electrons. The highest BCUT2D eigenvalue weighted by Crippen LogP contribution is 2.24. The molecule has 0 saturated heterocycles. The van der Waals surface area contributed by atoms with Crippen LogP contribution in [0.1, 0.15) is 34.1 Å². The Bertz CT molecular complexity index is 321. The summed E-state index contributed by atoms with van der Waals surface area (Å²) in [6.07, 6.45) is 8.22. The molecule has 1 rings (SSSR count). The van der Waals surface area contributed by atoms with Crippen LogP contribution < -0.4 is 5.32 Å². The molecule has 0 aromatic carbocycles. The van der Waals surface area contributed by atoms with Gasteiger partial charge in [-0.3, -0.25) is 4.79 Å². The topological polar surface area (TPSA) is 69.6 Å². The number of carbonyl (C=O) groups is 1. The van der Waals surface area contributed by atoms with Crippen molar-refractivity contribution in [3.05, 3.63) is 24.3 Å². The predicted octanol–water partition coefficient (Wildman–Crippen LogP) is 2.21. The van der Waals surface area contributed by atoms with Gasteiger partial charge in [0.15, 0.2) is 0 Å². The van der Waals surface area contributed by atoms with E-state index >= 15 is 0 Å². The fourth-order valence-corrected chi connectivity index (χ4v) is 1.67. The van der Waals surface area contributed by atoms with E-state index in [-0.39, 0.29) is 0 Å². The third-order valence-corrected chi connectivity index (χ3v) is 2.88. The molecule has 1 aliphatic carbocycles. The summed E-state index contributed by atoms with van der Waals surface area (Å²) in [5.41, 5.74) is -0.467. The molecule has 0 aromatic rings. The number of aliphatic carboxylic acids is 1. The Labute approximate surface area is 116 Å². The van der Waals surface area contributed by atoms with Gasteiger partial charge in [-0.15, -0.1) is 0 Å². The molecule has 3 N–H and O–H groups in total. The highest BCUT2D eigenvalue weighted by Gasteiger charge is 2.36. The summed E-state index contributed by atoms with van der Waals surface area (Å²) < 4.78 is 0. The molecule has 0 saturated carbocycles. The largest absolute Gasteiger partial charge is 0.481 e. The molecule has 1 aliphatic rings. The first-order valence-corrected chi connectivity index (χ1v) is 6.82. The standard InChI is InChI=1S/C12H19NO2.C3H8O/c1-9(2)8-13-12(3)7-5-4-6-10(12)11(14)15;1-2-3-4/h4-7,9-10,13H,8H2,1-3H3,(H,14,15);4H,2-3H2,1H3. The lowest BCUT2D eigenvalue weighted by molar-refractivity contribution is -0.141. The van der Waals surface area contributed by atoms with Crippen molar-refractivity contribution in [2.75, 3.05) is 13.2 Å². The van der Waals surface area contributed by atoms with E-state index < -0.39 is 17.4 Å². The van der Waals surface area contributed by atoms with E-state index in [1.807, 2.05) is 26.0 Å². The molecule has 0 amide bonds. The van der Waals surface area contributed by atoms with Crippen LogP contribution in [0.2, 0.25) is 0 Å². The van der Waals surface area contributed by atoms with Crippen molar-refractivity contribution in [3.63, 3.8) is 0 Å². The van der Waals surface area contributed by atoms with Crippen molar-refractivity contribution in [2.24, 2.45) is 11.8 Å². The zero-order valence-corrected chi connectivity index (χ0v) is 12.4. The van der Waals surface area contributed by atoms with Crippen LogP contribution in [0.4, 0.5) is 0 Å². The van der Waals surface area contributed by atoms with E-state index in [0.717, 1.165) is 13.0 Å². The third kappa shape index (κ3) is 6.55. The van der Waals surface area contributed by atoms with E-state index in [0.29, 0.717) is 12.5 Å². The number of nitrogens with one attached hydrogen (secondary N) is 1. The monoisotopic (exact) mass is 269 g/mol. The second kappa shape index (κ2) is 8.88. The van der Waals surface area contributed by atoms with Gasteiger partial charge in [-0.25, -0.2) is 0 Å². The Hall–Kier alpha value is -1.13. The second-order valence-electron chi connectivity index (χ2n) is 5.34. The minimum atomic E-state index is -0.783. The minimum absolute atomic E-state index is 0.319. The van der Waals surface area contributed by atoms with Crippen LogP contribution in [0, 0.1) is 11.8 Å². The van der Waals surface area contributed by atoms with Gasteiger partial charge >= 0.3 is 5.97 Å². The van der Waals surface area contributed by atoms with Gasteiger partial charge in [0.2, 0.25) is 0 Å². The number of allylic oxidation sites excluding steroid dienone is 2. The SMILES string of the molecule is CC(C)CNC1(C)C=CC=CC1C(=O)O.CCCO. The summed E-state index contributed by atoms with van der Waals surface area (Å²) >= 11 is 0. The van der Waals surface area contributed by atoms with Gasteiger partial charge in [-0.2, -0.15) is 0 Å². The highest BCUT2D eigenvalue weighted by atomic mass is 16.4. The number of aliphatic hydroxyl groups excluding tert-OH is 1. The number of rotatable bonds is 5. The highest BCUT2D eigenvalue weighted by molar-refractivity contribution is 5.75. The van der Waals surface area contributed by atoms with Crippen molar-refractivity contribution < 1.29 is 15.0 Å². The lowest BCUT2D eigenvalue weighted by Gasteiger charge is -2.34. The summed E-state index contributed by atoms with van der Waals surface area (Å²) in [7, 11) is 0. The normalized spacial score (nSPS) is 25.1. The lowest BCUT2D eigenvalue weighted by atomic mass is 9.82. The molecule has 0 spiro atoms. The Balaban J connectivity index is 0.000000711. The first kappa shape index (κ1) is 17.9. The van der Waals surface area contributed by atoms with Gasteiger partial charge in [0, 0.05) is 6.61 Å². The summed E-state index contributed by atoms with van der Waals surface area (Å²) in [5, 5.41) is 20.3. The number of aliphatic hydroxyl groups is 1. The fourth-order valence-electron chi connectivity index (χ4n) is 1.67. The zero-order chi connectivity index (χ0) is 14.9. The average Bonchev–Trinajstić information content (AvgIpc) is 2.37. The summed E-state index contributed by atoms with van der Waals surface area (Å²) in [4.78, 5) is 11.1. The second-order valence-corrected chi connectivity index (χ2v) is 5.34. The number of hydrogen-bond donors (Lipinski definition) is 3. The molecule has 2 unspecified atom stereocenters. The van der Waals surface area contributed by atoms with Crippen LogP contribution in [0.25, 0.3) is 0 Å². The number of carboxylic acid groups (broad SMARTS) is 1. The quantitative estimate of drug-likeness (QED) is 0.715. The molecule has 19 heavy (non-hydrogen) atoms. The molecule has 0 aliphatic heterocycles. The van der Waals surface area contributed by atoms with Crippen LogP contribution in [0.5, 0.6) is 0 Å². The van der Waals surface area contributed by atoms with Crippen molar-refractivity contribution in [1.29, 1.82) is 0 Å². The Kier molecular flexibility index (Phi) is 8.35. The maximum Gasteiger partial charge on any atom is 0.312 e. The first-order chi connectivity index (χ1) is 8.87. The van der Waals surface area contributed by atoms with Crippen LogP contribution >= 0.6 is 0 Å². The maximum atomic E-state index is 11.1. The van der Waals surface area contributed by atoms with Gasteiger partial charge < -0.3 is 15.5 Å². The zero-order valence-electron chi connectivity index (χ0n) is 12.4. The fraction of sp³-hybridized carbons (Fsp3) is 0.667. The molecule has 110 valence electrons. The van der Waals surface area contributed by atoms with E-state index in [9.17, 15) is 4.79 Å². The molecule has 2 atom stereocenters. The molecule has 4 nitrogen and oxygen atoms in total. The van der Waals surface area contributed by atoms with Crippen molar-refractivity contribution in [3.8, 4) is 0 Å². The Morgan fingerprint density at radius 3 is 2.42 bits per heavy atom. The van der Waals surface area contributed by atoms with Crippen LogP contribution in [-0.4, -0.2) is 34.9 Å². The van der Waals surface area contributed by atoms with Gasteiger partial charge in [0.05, 0.1) is 11.5 Å². The van der Waals surface area contributed by atoms with Crippen LogP contribution in [-0.2, 0) is 4.79 Å². The predicted molar refractivity (Wildman–Crippen MR) is 78.0 cm³/mol. The molecule has 0 bridgehead atoms. The molecule has 0 aromatic heterocycles. The molecular weight excluding hydrogens is 242 g/mol.